The number of nitrogens with one attached hydrogen (secondary N) is 1. The number of piperazine rings is 1. The van der Waals surface area contributed by atoms with Gasteiger partial charge in [0, 0.05) is 26.2 Å². The van der Waals surface area contributed by atoms with E-state index in [0.717, 1.165) is 37.3 Å². The van der Waals surface area contributed by atoms with Crippen LogP contribution in [-0.4, -0.2) is 79.5 Å². The largest absolute Gasteiger partial charge is 0.344 e. The highest BCUT2D eigenvalue weighted by Crippen LogP contribution is 2.23. The number of hydrogen-bond acceptors (Lipinski definition) is 4. The third-order valence-corrected chi connectivity index (χ3v) is 7.11. The topological polar surface area (TPSA) is 38.8 Å². The molecule has 2 aromatic rings. The minimum absolute atomic E-state index is 0.101. The molecule has 0 spiro atoms. The Kier molecular flexibility index (Phi) is 8.54. The predicted molar refractivity (Wildman–Crippen MR) is 136 cm³/mol. The van der Waals surface area contributed by atoms with Crippen molar-refractivity contribution in [1.82, 2.24) is 20.0 Å². The average Bonchev–Trinajstić information content (AvgIpc) is 3.34. The maximum absolute atomic E-state index is 13.0. The number of aryl methyl sites for hydroxylation is 2. The highest BCUT2D eigenvalue weighted by Gasteiger charge is 2.22. The van der Waals surface area contributed by atoms with Crippen LogP contribution in [0.5, 0.6) is 0 Å². The second-order valence-electron chi connectivity index (χ2n) is 9.84. The maximum atomic E-state index is 13.0. The fourth-order valence-corrected chi connectivity index (χ4v) is 4.98. The third-order valence-electron chi connectivity index (χ3n) is 7.11. The molecule has 2 saturated heterocycles. The number of rotatable bonds is 9. The van der Waals surface area contributed by atoms with Gasteiger partial charge in [0.1, 0.15) is 0 Å². The van der Waals surface area contributed by atoms with E-state index in [1.54, 1.807) is 0 Å². The minimum atomic E-state index is -0.120. The molecule has 33 heavy (non-hydrogen) atoms. The molecule has 0 atom stereocenters. The molecule has 0 radical (unpaired) electrons. The summed E-state index contributed by atoms with van der Waals surface area (Å²) in [7, 11) is 0. The molecule has 0 unspecified atom stereocenters. The summed E-state index contributed by atoms with van der Waals surface area (Å²) < 4.78 is 0. The molecular formula is C28H40N4O. The van der Waals surface area contributed by atoms with Gasteiger partial charge in [0.25, 0.3) is 0 Å². The number of amides is 1. The maximum Gasteiger partial charge on any atom is 0.234 e. The molecule has 2 aliphatic heterocycles. The summed E-state index contributed by atoms with van der Waals surface area (Å²) in [5.74, 6) is 0.101. The van der Waals surface area contributed by atoms with Gasteiger partial charge in [0.2, 0.25) is 5.91 Å². The Bertz CT molecular complexity index is 820. The molecule has 2 aromatic carbocycles. The number of likely N-dealkylation sites (tertiary alicyclic amines) is 1. The van der Waals surface area contributed by atoms with E-state index in [0.29, 0.717) is 6.54 Å². The predicted octanol–water partition coefficient (Wildman–Crippen LogP) is 3.61. The van der Waals surface area contributed by atoms with Crippen LogP contribution < -0.4 is 5.32 Å². The quantitative estimate of drug-likeness (QED) is 0.636. The SMILES string of the molecule is Cc1ccc(C(NC(=O)CN2CCN(CCCN3CCCC3)CC2)c2ccc(C)cc2)cc1. The molecule has 2 fully saturated rings. The van der Waals surface area contributed by atoms with E-state index in [9.17, 15) is 4.79 Å². The fraction of sp³-hybridized carbons (Fsp3) is 0.536. The monoisotopic (exact) mass is 448 g/mol. The first-order valence-electron chi connectivity index (χ1n) is 12.7. The summed E-state index contributed by atoms with van der Waals surface area (Å²) in [6, 6.07) is 16.9. The average molecular weight is 449 g/mol. The molecule has 1 amide bonds. The molecule has 5 heteroatoms. The van der Waals surface area contributed by atoms with E-state index >= 15 is 0 Å². The molecule has 1 N–H and O–H groups in total. The van der Waals surface area contributed by atoms with Crippen molar-refractivity contribution in [1.29, 1.82) is 0 Å². The molecule has 0 saturated carbocycles. The van der Waals surface area contributed by atoms with Gasteiger partial charge < -0.3 is 15.1 Å². The van der Waals surface area contributed by atoms with Crippen molar-refractivity contribution < 1.29 is 4.79 Å². The smallest absolute Gasteiger partial charge is 0.234 e. The fourth-order valence-electron chi connectivity index (χ4n) is 4.98. The first-order valence-corrected chi connectivity index (χ1v) is 12.7. The van der Waals surface area contributed by atoms with Crippen LogP contribution in [0.4, 0.5) is 0 Å². The normalized spacial score (nSPS) is 18.2. The first-order chi connectivity index (χ1) is 16.1. The van der Waals surface area contributed by atoms with Gasteiger partial charge in [-0.25, -0.2) is 0 Å². The van der Waals surface area contributed by atoms with E-state index in [1.807, 2.05) is 0 Å². The van der Waals surface area contributed by atoms with Crippen molar-refractivity contribution in [3.63, 3.8) is 0 Å². The van der Waals surface area contributed by atoms with Crippen molar-refractivity contribution >= 4 is 5.91 Å². The summed E-state index contributed by atoms with van der Waals surface area (Å²) >= 11 is 0. The lowest BCUT2D eigenvalue weighted by Crippen LogP contribution is -2.50. The van der Waals surface area contributed by atoms with E-state index in [4.69, 9.17) is 0 Å². The van der Waals surface area contributed by atoms with Crippen LogP contribution in [-0.2, 0) is 4.79 Å². The zero-order chi connectivity index (χ0) is 23.0. The van der Waals surface area contributed by atoms with Crippen LogP contribution in [0.15, 0.2) is 48.5 Å². The van der Waals surface area contributed by atoms with Crippen LogP contribution in [0.25, 0.3) is 0 Å². The third kappa shape index (κ3) is 7.13. The second kappa shape index (κ2) is 11.8. The van der Waals surface area contributed by atoms with Gasteiger partial charge in [0.05, 0.1) is 12.6 Å². The van der Waals surface area contributed by atoms with E-state index in [2.05, 4.69) is 82.4 Å². The van der Waals surface area contributed by atoms with Gasteiger partial charge in [-0.15, -0.1) is 0 Å². The van der Waals surface area contributed by atoms with Gasteiger partial charge in [-0.05, 0) is 70.4 Å². The second-order valence-corrected chi connectivity index (χ2v) is 9.84. The summed E-state index contributed by atoms with van der Waals surface area (Å²) in [6.07, 6.45) is 4.00. The van der Waals surface area contributed by atoms with Crippen LogP contribution in [0.2, 0.25) is 0 Å². The molecule has 2 aliphatic rings. The standard InChI is InChI=1S/C28H40N4O/c1-23-6-10-25(11-7-23)28(26-12-8-24(2)9-13-26)29-27(33)22-32-20-18-31(19-21-32)17-5-16-30-14-3-4-15-30/h6-13,28H,3-5,14-22H2,1-2H3,(H,29,33). The molecule has 5 nitrogen and oxygen atoms in total. The minimum Gasteiger partial charge on any atom is -0.344 e. The number of carbonyl (C=O) groups excluding carboxylic acids is 1. The number of hydrogen-bond donors (Lipinski definition) is 1. The van der Waals surface area contributed by atoms with Gasteiger partial charge in [-0.3, -0.25) is 9.69 Å². The number of carbonyl (C=O) groups is 1. The lowest BCUT2D eigenvalue weighted by Gasteiger charge is -2.34. The zero-order valence-corrected chi connectivity index (χ0v) is 20.4. The highest BCUT2D eigenvalue weighted by atomic mass is 16.2. The van der Waals surface area contributed by atoms with E-state index in [-0.39, 0.29) is 11.9 Å². The van der Waals surface area contributed by atoms with Crippen molar-refractivity contribution in [3.8, 4) is 0 Å². The van der Waals surface area contributed by atoms with E-state index in [1.165, 1.54) is 56.6 Å². The van der Waals surface area contributed by atoms with Crippen molar-refractivity contribution in [3.05, 3.63) is 70.8 Å². The summed E-state index contributed by atoms with van der Waals surface area (Å²) in [4.78, 5) is 20.5. The van der Waals surface area contributed by atoms with Gasteiger partial charge >= 0.3 is 0 Å². The lowest BCUT2D eigenvalue weighted by atomic mass is 9.97. The van der Waals surface area contributed by atoms with Crippen LogP contribution in [0.3, 0.4) is 0 Å². The van der Waals surface area contributed by atoms with Crippen molar-refractivity contribution in [2.45, 2.75) is 39.2 Å². The molecule has 4 rings (SSSR count). The molecule has 0 aromatic heterocycles. The highest BCUT2D eigenvalue weighted by molar-refractivity contribution is 5.79. The molecule has 178 valence electrons. The van der Waals surface area contributed by atoms with Gasteiger partial charge in [0.15, 0.2) is 0 Å². The number of nitrogens with zero attached hydrogens (tertiary/aromatic N) is 3. The van der Waals surface area contributed by atoms with Crippen LogP contribution in [0, 0.1) is 13.8 Å². The first kappa shape index (κ1) is 23.9. The summed E-state index contributed by atoms with van der Waals surface area (Å²) in [5.41, 5.74) is 4.71. The Morgan fingerprint density at radius 2 is 1.18 bits per heavy atom. The molecule has 0 aliphatic carbocycles. The summed E-state index contributed by atoms with van der Waals surface area (Å²) in [5, 5.41) is 3.31. The van der Waals surface area contributed by atoms with Crippen molar-refractivity contribution in [2.75, 3.05) is 58.9 Å². The van der Waals surface area contributed by atoms with Crippen molar-refractivity contribution in [2.24, 2.45) is 0 Å². The van der Waals surface area contributed by atoms with Crippen LogP contribution >= 0.6 is 0 Å². The Morgan fingerprint density at radius 1 is 0.727 bits per heavy atom. The van der Waals surface area contributed by atoms with Gasteiger partial charge in [-0.1, -0.05) is 59.7 Å². The Morgan fingerprint density at radius 3 is 1.70 bits per heavy atom. The zero-order valence-electron chi connectivity index (χ0n) is 20.4. The molecular weight excluding hydrogens is 408 g/mol. The Balaban J connectivity index is 1.27. The molecule has 0 bridgehead atoms. The van der Waals surface area contributed by atoms with Crippen LogP contribution in [0.1, 0.15) is 47.6 Å². The van der Waals surface area contributed by atoms with Gasteiger partial charge in [-0.2, -0.15) is 0 Å². The summed E-state index contributed by atoms with van der Waals surface area (Å²) in [6.45, 7) is 13.7. The Hall–Kier alpha value is -2.21. The Labute approximate surface area is 199 Å². The molecule has 2 heterocycles. The van der Waals surface area contributed by atoms with E-state index < -0.39 is 0 Å². The lowest BCUT2D eigenvalue weighted by molar-refractivity contribution is -0.123. The number of benzene rings is 2.